The second kappa shape index (κ2) is 5.67. The molecule has 2 fully saturated rings. The molecule has 2 rings (SSSR count). The van der Waals surface area contributed by atoms with Crippen LogP contribution < -0.4 is 10.6 Å². The monoisotopic (exact) mass is 256 g/mol. The molecule has 0 aromatic heterocycles. The topological polar surface area (TPSA) is 50.4 Å². The SMILES string of the molecule is C[C@@H]1C[C@@H](NC(=S)NC2CCCCC2)C(=O)O1. The third-order valence-corrected chi connectivity index (χ3v) is 3.65. The van der Waals surface area contributed by atoms with Gasteiger partial charge >= 0.3 is 5.97 Å². The van der Waals surface area contributed by atoms with Crippen molar-refractivity contribution in [1.82, 2.24) is 10.6 Å². The molecule has 2 N–H and O–H groups in total. The number of esters is 1. The average molecular weight is 256 g/mol. The summed E-state index contributed by atoms with van der Waals surface area (Å²) in [5, 5.41) is 6.94. The maximum atomic E-state index is 11.4. The van der Waals surface area contributed by atoms with E-state index >= 15 is 0 Å². The predicted octanol–water partition coefficient (Wildman–Crippen LogP) is 1.49. The Hall–Kier alpha value is -0.840. The Morgan fingerprint density at radius 1 is 1.29 bits per heavy atom. The molecule has 2 aliphatic rings. The lowest BCUT2D eigenvalue weighted by atomic mass is 9.96. The Bertz CT molecular complexity index is 303. The Balaban J connectivity index is 1.75. The van der Waals surface area contributed by atoms with Gasteiger partial charge in [0, 0.05) is 12.5 Å². The van der Waals surface area contributed by atoms with Crippen LogP contribution in [0.1, 0.15) is 45.4 Å². The molecule has 1 aliphatic heterocycles. The predicted molar refractivity (Wildman–Crippen MR) is 69.7 cm³/mol. The number of cyclic esters (lactones) is 1. The number of nitrogens with one attached hydrogen (secondary N) is 2. The van der Waals surface area contributed by atoms with Gasteiger partial charge in [-0.15, -0.1) is 0 Å². The molecule has 17 heavy (non-hydrogen) atoms. The summed E-state index contributed by atoms with van der Waals surface area (Å²) < 4.78 is 5.08. The van der Waals surface area contributed by atoms with E-state index in [1.807, 2.05) is 6.92 Å². The van der Waals surface area contributed by atoms with E-state index in [4.69, 9.17) is 17.0 Å². The lowest BCUT2D eigenvalue weighted by Crippen LogP contribution is -2.48. The molecule has 4 nitrogen and oxygen atoms in total. The van der Waals surface area contributed by atoms with Crippen LogP contribution in [0, 0.1) is 0 Å². The summed E-state index contributed by atoms with van der Waals surface area (Å²) in [6.45, 7) is 1.90. The second-order valence-electron chi connectivity index (χ2n) is 4.99. The molecule has 0 spiro atoms. The normalized spacial score (nSPS) is 29.8. The van der Waals surface area contributed by atoms with Gasteiger partial charge in [0.15, 0.2) is 5.11 Å². The standard InChI is InChI=1S/C12H20N2O2S/c1-8-7-10(11(15)16-8)14-12(17)13-9-5-3-2-4-6-9/h8-10H,2-7H2,1H3,(H2,13,14,17)/t8-,10-/m1/s1. The summed E-state index contributed by atoms with van der Waals surface area (Å²) in [5.41, 5.74) is 0. The second-order valence-corrected chi connectivity index (χ2v) is 5.40. The molecule has 0 bridgehead atoms. The van der Waals surface area contributed by atoms with Gasteiger partial charge in [-0.3, -0.25) is 0 Å². The van der Waals surface area contributed by atoms with Crippen LogP contribution in [0.4, 0.5) is 0 Å². The molecule has 0 amide bonds. The van der Waals surface area contributed by atoms with Crippen LogP contribution in [0.3, 0.4) is 0 Å². The Morgan fingerprint density at radius 2 is 2.00 bits per heavy atom. The number of hydrogen-bond donors (Lipinski definition) is 2. The van der Waals surface area contributed by atoms with Crippen LogP contribution in [-0.2, 0) is 9.53 Å². The summed E-state index contributed by atoms with van der Waals surface area (Å²) in [4.78, 5) is 11.4. The van der Waals surface area contributed by atoms with E-state index in [1.54, 1.807) is 0 Å². The smallest absolute Gasteiger partial charge is 0.329 e. The molecule has 96 valence electrons. The Kier molecular flexibility index (Phi) is 4.20. The van der Waals surface area contributed by atoms with Crippen LogP contribution in [0.5, 0.6) is 0 Å². The van der Waals surface area contributed by atoms with E-state index in [0.717, 1.165) is 0 Å². The summed E-state index contributed by atoms with van der Waals surface area (Å²) in [7, 11) is 0. The molecular weight excluding hydrogens is 236 g/mol. The highest BCUT2D eigenvalue weighted by Crippen LogP contribution is 2.18. The van der Waals surface area contributed by atoms with Crippen molar-refractivity contribution >= 4 is 23.3 Å². The van der Waals surface area contributed by atoms with Crippen molar-refractivity contribution in [2.75, 3.05) is 0 Å². The average Bonchev–Trinajstić information content (AvgIpc) is 2.58. The highest BCUT2D eigenvalue weighted by Gasteiger charge is 2.32. The fourth-order valence-electron chi connectivity index (χ4n) is 2.51. The van der Waals surface area contributed by atoms with Crippen LogP contribution >= 0.6 is 12.2 Å². The van der Waals surface area contributed by atoms with Crippen LogP contribution in [0.2, 0.25) is 0 Å². The van der Waals surface area contributed by atoms with Crippen molar-refractivity contribution in [3.8, 4) is 0 Å². The first-order chi connectivity index (χ1) is 8.15. The number of carbonyl (C=O) groups excluding carboxylic acids is 1. The fourth-order valence-corrected chi connectivity index (χ4v) is 2.82. The van der Waals surface area contributed by atoms with Crippen molar-refractivity contribution in [1.29, 1.82) is 0 Å². The molecule has 0 radical (unpaired) electrons. The van der Waals surface area contributed by atoms with E-state index < -0.39 is 0 Å². The van der Waals surface area contributed by atoms with Gasteiger partial charge in [0.05, 0.1) is 0 Å². The van der Waals surface area contributed by atoms with Gasteiger partial charge in [0.1, 0.15) is 12.1 Å². The van der Waals surface area contributed by atoms with E-state index in [9.17, 15) is 4.79 Å². The van der Waals surface area contributed by atoms with E-state index in [0.29, 0.717) is 17.6 Å². The Morgan fingerprint density at radius 3 is 2.59 bits per heavy atom. The van der Waals surface area contributed by atoms with Gasteiger partial charge in [-0.1, -0.05) is 19.3 Å². The zero-order valence-corrected chi connectivity index (χ0v) is 11.0. The molecule has 1 heterocycles. The molecule has 0 aromatic carbocycles. The number of thiocarbonyl (C=S) groups is 1. The largest absolute Gasteiger partial charge is 0.461 e. The van der Waals surface area contributed by atoms with Crippen molar-refractivity contribution in [3.63, 3.8) is 0 Å². The summed E-state index contributed by atoms with van der Waals surface area (Å²) >= 11 is 5.23. The lowest BCUT2D eigenvalue weighted by Gasteiger charge is -2.25. The van der Waals surface area contributed by atoms with Crippen molar-refractivity contribution in [3.05, 3.63) is 0 Å². The van der Waals surface area contributed by atoms with Crippen molar-refractivity contribution in [2.24, 2.45) is 0 Å². The fraction of sp³-hybridized carbons (Fsp3) is 0.833. The van der Waals surface area contributed by atoms with Crippen LogP contribution in [0.15, 0.2) is 0 Å². The van der Waals surface area contributed by atoms with Gasteiger partial charge in [0.25, 0.3) is 0 Å². The number of rotatable bonds is 2. The third kappa shape index (κ3) is 3.56. The molecule has 2 atom stereocenters. The van der Waals surface area contributed by atoms with E-state index in [2.05, 4.69) is 10.6 Å². The van der Waals surface area contributed by atoms with Gasteiger partial charge in [-0.2, -0.15) is 0 Å². The highest BCUT2D eigenvalue weighted by molar-refractivity contribution is 7.80. The maximum Gasteiger partial charge on any atom is 0.329 e. The van der Waals surface area contributed by atoms with Gasteiger partial charge in [-0.25, -0.2) is 4.79 Å². The summed E-state index contributed by atoms with van der Waals surface area (Å²) in [6, 6.07) is 0.201. The van der Waals surface area contributed by atoms with Crippen molar-refractivity contribution < 1.29 is 9.53 Å². The van der Waals surface area contributed by atoms with Gasteiger partial charge < -0.3 is 15.4 Å². The maximum absolute atomic E-state index is 11.4. The molecule has 5 heteroatoms. The minimum absolute atomic E-state index is 0.00233. The number of ether oxygens (including phenoxy) is 1. The molecule has 0 unspecified atom stereocenters. The first-order valence-corrected chi connectivity index (χ1v) is 6.83. The molecule has 1 aliphatic carbocycles. The van der Waals surface area contributed by atoms with Gasteiger partial charge in [0.2, 0.25) is 0 Å². The lowest BCUT2D eigenvalue weighted by molar-refractivity contribution is -0.142. The minimum atomic E-state index is -0.270. The summed E-state index contributed by atoms with van der Waals surface area (Å²) in [6.07, 6.45) is 6.90. The van der Waals surface area contributed by atoms with Gasteiger partial charge in [-0.05, 0) is 32.0 Å². The number of hydrogen-bond acceptors (Lipinski definition) is 3. The minimum Gasteiger partial charge on any atom is -0.461 e. The summed E-state index contributed by atoms with van der Waals surface area (Å²) in [5.74, 6) is -0.190. The number of carbonyl (C=O) groups is 1. The first-order valence-electron chi connectivity index (χ1n) is 6.42. The zero-order chi connectivity index (χ0) is 12.3. The molecule has 0 aromatic rings. The van der Waals surface area contributed by atoms with E-state index in [-0.39, 0.29) is 18.1 Å². The third-order valence-electron chi connectivity index (χ3n) is 3.42. The van der Waals surface area contributed by atoms with Crippen LogP contribution in [0.25, 0.3) is 0 Å². The Labute approximate surface area is 107 Å². The van der Waals surface area contributed by atoms with Crippen molar-refractivity contribution in [2.45, 2.75) is 63.6 Å². The quantitative estimate of drug-likeness (QED) is 0.579. The molecule has 1 saturated heterocycles. The van der Waals surface area contributed by atoms with E-state index in [1.165, 1.54) is 32.1 Å². The van der Waals surface area contributed by atoms with Crippen LogP contribution in [-0.4, -0.2) is 29.3 Å². The molecule has 1 saturated carbocycles. The zero-order valence-electron chi connectivity index (χ0n) is 10.2. The first kappa shape index (κ1) is 12.6. The highest BCUT2D eigenvalue weighted by atomic mass is 32.1. The molecular formula is C12H20N2O2S.